The van der Waals surface area contributed by atoms with Gasteiger partial charge in [0.05, 0.1) is 24.7 Å². The molecule has 1 aromatic carbocycles. The van der Waals surface area contributed by atoms with Gasteiger partial charge in [-0.15, -0.1) is 0 Å². The van der Waals surface area contributed by atoms with Crippen LogP contribution in [0, 0.1) is 0 Å². The molecule has 0 saturated carbocycles. The number of rotatable bonds is 6. The van der Waals surface area contributed by atoms with Gasteiger partial charge < -0.3 is 14.7 Å². The van der Waals surface area contributed by atoms with Crippen molar-refractivity contribution >= 4 is 11.9 Å². The van der Waals surface area contributed by atoms with Gasteiger partial charge in [-0.1, -0.05) is 18.2 Å². The van der Waals surface area contributed by atoms with E-state index in [1.807, 2.05) is 0 Å². The van der Waals surface area contributed by atoms with E-state index >= 15 is 0 Å². The van der Waals surface area contributed by atoms with Crippen molar-refractivity contribution in [3.05, 3.63) is 35.4 Å². The van der Waals surface area contributed by atoms with E-state index in [4.69, 9.17) is 9.84 Å². The number of carboxylic acid groups (broad SMARTS) is 1. The van der Waals surface area contributed by atoms with Gasteiger partial charge >= 0.3 is 12.1 Å². The largest absolute Gasteiger partial charge is 0.481 e. The number of aryl methyl sites for hydroxylation is 1. The summed E-state index contributed by atoms with van der Waals surface area (Å²) in [6.07, 6.45) is -4.04. The van der Waals surface area contributed by atoms with E-state index in [-0.39, 0.29) is 31.9 Å². The number of carbonyl (C=O) groups is 2. The molecule has 0 bridgehead atoms. The van der Waals surface area contributed by atoms with Crippen LogP contribution in [0.5, 0.6) is 0 Å². The first-order chi connectivity index (χ1) is 11.8. The van der Waals surface area contributed by atoms with Gasteiger partial charge in [0, 0.05) is 19.5 Å². The summed E-state index contributed by atoms with van der Waals surface area (Å²) >= 11 is 0. The molecule has 2 rings (SSSR count). The van der Waals surface area contributed by atoms with Crippen molar-refractivity contribution in [1.82, 2.24) is 4.90 Å². The third-order valence-corrected chi connectivity index (χ3v) is 4.00. The maximum absolute atomic E-state index is 12.7. The summed E-state index contributed by atoms with van der Waals surface area (Å²) in [5.74, 6) is -1.12. The van der Waals surface area contributed by atoms with Gasteiger partial charge in [-0.2, -0.15) is 13.2 Å². The normalized spacial score (nSPS) is 18.2. The van der Waals surface area contributed by atoms with Crippen molar-refractivity contribution in [2.45, 2.75) is 38.0 Å². The lowest BCUT2D eigenvalue weighted by molar-refractivity contribution is -0.147. The second-order valence-corrected chi connectivity index (χ2v) is 5.98. The van der Waals surface area contributed by atoms with Gasteiger partial charge in [-0.25, -0.2) is 0 Å². The summed E-state index contributed by atoms with van der Waals surface area (Å²) in [5, 5.41) is 8.77. The molecule has 1 amide bonds. The molecular weight excluding hydrogens is 339 g/mol. The van der Waals surface area contributed by atoms with Crippen LogP contribution in [0.4, 0.5) is 13.2 Å². The van der Waals surface area contributed by atoms with E-state index in [0.717, 1.165) is 12.1 Å². The molecule has 138 valence electrons. The topological polar surface area (TPSA) is 66.8 Å². The number of halogens is 3. The Morgan fingerprint density at radius 3 is 2.76 bits per heavy atom. The maximum Gasteiger partial charge on any atom is 0.416 e. The highest BCUT2D eigenvalue weighted by atomic mass is 19.4. The summed E-state index contributed by atoms with van der Waals surface area (Å²) in [6, 6.07) is 5.09. The lowest BCUT2D eigenvalue weighted by atomic mass is 10.0. The Bertz CT molecular complexity index is 618. The van der Waals surface area contributed by atoms with Gasteiger partial charge in [0.2, 0.25) is 5.91 Å². The van der Waals surface area contributed by atoms with Crippen LogP contribution in [0.2, 0.25) is 0 Å². The van der Waals surface area contributed by atoms with Crippen LogP contribution >= 0.6 is 0 Å². The zero-order valence-corrected chi connectivity index (χ0v) is 13.6. The van der Waals surface area contributed by atoms with Crippen LogP contribution in [-0.4, -0.2) is 47.7 Å². The lowest BCUT2D eigenvalue weighted by Gasteiger charge is -2.32. The minimum absolute atomic E-state index is 0.134. The van der Waals surface area contributed by atoms with E-state index in [0.29, 0.717) is 24.9 Å². The number of amides is 1. The highest BCUT2D eigenvalue weighted by Gasteiger charge is 2.30. The third kappa shape index (κ3) is 6.04. The second kappa shape index (κ2) is 8.33. The highest BCUT2D eigenvalue weighted by Crippen LogP contribution is 2.29. The Morgan fingerprint density at radius 1 is 1.32 bits per heavy atom. The molecule has 1 saturated heterocycles. The quantitative estimate of drug-likeness (QED) is 0.848. The number of carboxylic acids is 1. The molecule has 1 unspecified atom stereocenters. The second-order valence-electron chi connectivity index (χ2n) is 5.98. The number of hydrogen-bond donors (Lipinski definition) is 1. The lowest BCUT2D eigenvalue weighted by Crippen LogP contribution is -2.46. The van der Waals surface area contributed by atoms with Crippen molar-refractivity contribution in [2.24, 2.45) is 0 Å². The van der Waals surface area contributed by atoms with E-state index in [9.17, 15) is 22.8 Å². The molecular formula is C17H20F3NO4. The van der Waals surface area contributed by atoms with E-state index in [1.165, 1.54) is 6.07 Å². The van der Waals surface area contributed by atoms with Gasteiger partial charge in [0.1, 0.15) is 0 Å². The molecule has 0 aliphatic carbocycles. The van der Waals surface area contributed by atoms with Crippen LogP contribution in [0.1, 0.15) is 30.4 Å². The fraction of sp³-hybridized carbons (Fsp3) is 0.529. The molecule has 1 N–H and O–H groups in total. The summed E-state index contributed by atoms with van der Waals surface area (Å²) < 4.78 is 43.3. The Labute approximate surface area is 143 Å². The average molecular weight is 359 g/mol. The molecule has 0 spiro atoms. The number of aliphatic carboxylic acids is 1. The summed E-state index contributed by atoms with van der Waals surface area (Å²) in [5.41, 5.74) is -0.158. The first-order valence-electron chi connectivity index (χ1n) is 8.03. The molecule has 5 nitrogen and oxygen atoms in total. The Balaban J connectivity index is 1.81. The van der Waals surface area contributed by atoms with Gasteiger partial charge in [0.15, 0.2) is 0 Å². The van der Waals surface area contributed by atoms with Gasteiger partial charge in [-0.3, -0.25) is 9.59 Å². The fourth-order valence-corrected chi connectivity index (χ4v) is 2.77. The molecule has 1 atom stereocenters. The maximum atomic E-state index is 12.7. The average Bonchev–Trinajstić information content (AvgIpc) is 2.54. The van der Waals surface area contributed by atoms with Crippen molar-refractivity contribution in [3.63, 3.8) is 0 Å². The molecule has 8 heteroatoms. The van der Waals surface area contributed by atoms with Crippen LogP contribution in [-0.2, 0) is 26.9 Å². The molecule has 0 radical (unpaired) electrons. The summed E-state index contributed by atoms with van der Waals surface area (Å²) in [7, 11) is 0. The molecule has 0 aromatic heterocycles. The van der Waals surface area contributed by atoms with Gasteiger partial charge in [-0.05, 0) is 24.5 Å². The minimum atomic E-state index is -4.38. The molecule has 1 aliphatic rings. The molecule has 1 heterocycles. The zero-order valence-electron chi connectivity index (χ0n) is 13.6. The predicted molar refractivity (Wildman–Crippen MR) is 83.0 cm³/mol. The minimum Gasteiger partial charge on any atom is -0.481 e. The van der Waals surface area contributed by atoms with E-state index < -0.39 is 23.8 Å². The van der Waals surface area contributed by atoms with Crippen LogP contribution in [0.25, 0.3) is 0 Å². The Hall–Kier alpha value is -2.09. The SMILES string of the molecule is O=C(O)CC1CN(C(=O)CCCc2cccc(C(F)(F)F)c2)CCO1. The number of benzene rings is 1. The number of alkyl halides is 3. The first kappa shape index (κ1) is 19.2. The van der Waals surface area contributed by atoms with Crippen molar-refractivity contribution < 1.29 is 32.6 Å². The van der Waals surface area contributed by atoms with Crippen molar-refractivity contribution in [1.29, 1.82) is 0 Å². The summed E-state index contributed by atoms with van der Waals surface area (Å²) in [4.78, 5) is 24.5. The molecule has 25 heavy (non-hydrogen) atoms. The number of hydrogen-bond acceptors (Lipinski definition) is 3. The number of carbonyl (C=O) groups excluding carboxylic acids is 1. The molecule has 1 aromatic rings. The first-order valence-corrected chi connectivity index (χ1v) is 8.03. The molecule has 1 aliphatic heterocycles. The zero-order chi connectivity index (χ0) is 18.4. The Kier molecular flexibility index (Phi) is 6.41. The van der Waals surface area contributed by atoms with E-state index in [2.05, 4.69) is 0 Å². The van der Waals surface area contributed by atoms with Crippen molar-refractivity contribution in [2.75, 3.05) is 19.7 Å². The third-order valence-electron chi connectivity index (χ3n) is 4.00. The summed E-state index contributed by atoms with van der Waals surface area (Å²) in [6.45, 7) is 0.921. The number of nitrogens with zero attached hydrogens (tertiary/aromatic N) is 1. The Morgan fingerprint density at radius 2 is 2.08 bits per heavy atom. The fourth-order valence-electron chi connectivity index (χ4n) is 2.77. The van der Waals surface area contributed by atoms with Crippen LogP contribution < -0.4 is 0 Å². The molecule has 1 fully saturated rings. The van der Waals surface area contributed by atoms with Gasteiger partial charge in [0.25, 0.3) is 0 Å². The predicted octanol–water partition coefficient (Wildman–Crippen LogP) is 2.73. The smallest absolute Gasteiger partial charge is 0.416 e. The standard InChI is InChI=1S/C17H20F3NO4/c18-17(19,20)13-5-1-3-12(9-13)4-2-6-15(22)21-7-8-25-14(11-21)10-16(23)24/h1,3,5,9,14H,2,4,6-8,10-11H2,(H,23,24). The van der Waals surface area contributed by atoms with Crippen molar-refractivity contribution in [3.8, 4) is 0 Å². The van der Waals surface area contributed by atoms with Crippen LogP contribution in [0.15, 0.2) is 24.3 Å². The van der Waals surface area contributed by atoms with E-state index in [1.54, 1.807) is 11.0 Å². The van der Waals surface area contributed by atoms with Crippen LogP contribution in [0.3, 0.4) is 0 Å². The highest BCUT2D eigenvalue weighted by molar-refractivity contribution is 5.76. The monoisotopic (exact) mass is 359 g/mol. The number of morpholine rings is 1. The number of ether oxygens (including phenoxy) is 1.